The molecule has 3 rings (SSSR count). The lowest BCUT2D eigenvalue weighted by Gasteiger charge is -2.19. The molecule has 0 aliphatic carbocycles. The van der Waals surface area contributed by atoms with Crippen molar-refractivity contribution >= 4 is 5.95 Å². The van der Waals surface area contributed by atoms with Crippen LogP contribution in [0.4, 0.5) is 5.95 Å². The third kappa shape index (κ3) is 3.24. The van der Waals surface area contributed by atoms with Crippen LogP contribution < -0.4 is 4.90 Å². The summed E-state index contributed by atoms with van der Waals surface area (Å²) in [6.45, 7) is 13.7. The van der Waals surface area contributed by atoms with Gasteiger partial charge < -0.3 is 4.90 Å². The Morgan fingerprint density at radius 1 is 0.760 bits per heavy atom. The lowest BCUT2D eigenvalue weighted by molar-refractivity contribution is 0.701. The van der Waals surface area contributed by atoms with Gasteiger partial charge in [-0.3, -0.25) is 0 Å². The van der Waals surface area contributed by atoms with Crippen LogP contribution in [0.2, 0.25) is 0 Å². The highest BCUT2D eigenvalue weighted by Crippen LogP contribution is 2.16. The van der Waals surface area contributed by atoms with Crippen molar-refractivity contribution in [1.29, 1.82) is 0 Å². The number of hydrogen-bond donors (Lipinski definition) is 0. The molecule has 0 radical (unpaired) electrons. The zero-order valence-electron chi connectivity index (χ0n) is 15.6. The lowest BCUT2D eigenvalue weighted by Crippen LogP contribution is -2.26. The van der Waals surface area contributed by atoms with Gasteiger partial charge in [0.25, 0.3) is 11.9 Å². The van der Waals surface area contributed by atoms with Crippen molar-refractivity contribution in [3.8, 4) is 11.9 Å². The highest BCUT2D eigenvalue weighted by atomic mass is 15.4. The smallest absolute Gasteiger partial charge is 0.257 e. The predicted molar refractivity (Wildman–Crippen MR) is 96.6 cm³/mol. The van der Waals surface area contributed by atoms with Crippen molar-refractivity contribution in [3.05, 3.63) is 34.9 Å². The normalized spacial score (nSPS) is 11.1. The van der Waals surface area contributed by atoms with E-state index < -0.39 is 0 Å². The molecule has 0 N–H and O–H groups in total. The van der Waals surface area contributed by atoms with Crippen molar-refractivity contribution in [3.63, 3.8) is 0 Å². The molecule has 3 heterocycles. The van der Waals surface area contributed by atoms with E-state index in [4.69, 9.17) is 0 Å². The van der Waals surface area contributed by atoms with Crippen molar-refractivity contribution < 1.29 is 0 Å². The van der Waals surface area contributed by atoms with E-state index in [-0.39, 0.29) is 0 Å². The standard InChI is InChI=1S/C17H24N8/c1-7-23(8-2)15-18-16(24-13(5)9-11(3)21-24)20-17(19-15)25-14(6)10-12(4)22-25/h9-10H,7-8H2,1-6H3. The minimum atomic E-state index is 0.505. The van der Waals surface area contributed by atoms with Gasteiger partial charge in [0.1, 0.15) is 0 Å². The van der Waals surface area contributed by atoms with Gasteiger partial charge in [0.15, 0.2) is 0 Å². The molecule has 25 heavy (non-hydrogen) atoms. The molecule has 3 aromatic heterocycles. The molecule has 0 aliphatic heterocycles. The van der Waals surface area contributed by atoms with Gasteiger partial charge in [0, 0.05) is 24.5 Å². The summed E-state index contributed by atoms with van der Waals surface area (Å²) in [5, 5.41) is 9.02. The fourth-order valence-electron chi connectivity index (χ4n) is 2.84. The molecular weight excluding hydrogens is 316 g/mol. The van der Waals surface area contributed by atoms with Crippen LogP contribution in [-0.4, -0.2) is 47.6 Å². The summed E-state index contributed by atoms with van der Waals surface area (Å²) in [7, 11) is 0. The van der Waals surface area contributed by atoms with Crippen LogP contribution in [0.5, 0.6) is 0 Å². The second kappa shape index (κ2) is 6.62. The van der Waals surface area contributed by atoms with Crippen molar-refractivity contribution in [2.45, 2.75) is 41.5 Å². The Hall–Kier alpha value is -2.77. The van der Waals surface area contributed by atoms with Gasteiger partial charge in [-0.1, -0.05) is 0 Å². The Morgan fingerprint density at radius 3 is 1.52 bits per heavy atom. The molecule has 8 heteroatoms. The molecule has 0 aromatic carbocycles. The summed E-state index contributed by atoms with van der Waals surface area (Å²) in [6.07, 6.45) is 0. The summed E-state index contributed by atoms with van der Waals surface area (Å²) in [5.74, 6) is 1.64. The van der Waals surface area contributed by atoms with Crippen LogP contribution in [0.3, 0.4) is 0 Å². The van der Waals surface area contributed by atoms with E-state index in [9.17, 15) is 0 Å². The third-order valence-corrected chi connectivity index (χ3v) is 4.04. The topological polar surface area (TPSA) is 77.5 Å². The SMILES string of the molecule is CCN(CC)c1nc(-n2nc(C)cc2C)nc(-n2nc(C)cc2C)n1. The number of hydrogen-bond acceptors (Lipinski definition) is 6. The molecule has 3 aromatic rings. The Kier molecular flexibility index (Phi) is 4.52. The fraction of sp³-hybridized carbons (Fsp3) is 0.471. The van der Waals surface area contributed by atoms with Gasteiger partial charge in [-0.25, -0.2) is 9.36 Å². The first-order valence-corrected chi connectivity index (χ1v) is 8.51. The third-order valence-electron chi connectivity index (χ3n) is 4.04. The minimum Gasteiger partial charge on any atom is -0.341 e. The second-order valence-electron chi connectivity index (χ2n) is 6.09. The lowest BCUT2D eigenvalue weighted by atomic mass is 10.4. The first-order valence-electron chi connectivity index (χ1n) is 8.51. The number of nitrogens with zero attached hydrogens (tertiary/aromatic N) is 8. The molecule has 0 amide bonds. The zero-order valence-corrected chi connectivity index (χ0v) is 15.6. The van der Waals surface area contributed by atoms with Gasteiger partial charge in [-0.05, 0) is 53.7 Å². The zero-order chi connectivity index (χ0) is 18.1. The maximum atomic E-state index is 4.64. The van der Waals surface area contributed by atoms with E-state index in [1.807, 2.05) is 39.8 Å². The Balaban J connectivity index is 2.21. The molecule has 0 fully saturated rings. The first-order chi connectivity index (χ1) is 11.9. The highest BCUT2D eigenvalue weighted by Gasteiger charge is 2.17. The molecule has 0 saturated carbocycles. The predicted octanol–water partition coefficient (Wildman–Crippen LogP) is 2.32. The molecule has 0 unspecified atom stereocenters. The number of aromatic nitrogens is 7. The molecule has 132 valence electrons. The Bertz CT molecular complexity index is 824. The summed E-state index contributed by atoms with van der Waals surface area (Å²) in [5.41, 5.74) is 3.81. The van der Waals surface area contributed by atoms with Gasteiger partial charge in [0.2, 0.25) is 5.95 Å². The van der Waals surface area contributed by atoms with E-state index in [0.717, 1.165) is 35.9 Å². The van der Waals surface area contributed by atoms with E-state index in [2.05, 4.69) is 43.9 Å². The first kappa shape index (κ1) is 17.1. The molecule has 0 spiro atoms. The van der Waals surface area contributed by atoms with Crippen LogP contribution >= 0.6 is 0 Å². The number of rotatable bonds is 5. The van der Waals surface area contributed by atoms with E-state index in [1.54, 1.807) is 9.36 Å². The second-order valence-corrected chi connectivity index (χ2v) is 6.09. The summed E-state index contributed by atoms with van der Waals surface area (Å²) < 4.78 is 3.50. The molecule has 0 aliphatic rings. The molecular formula is C17H24N8. The largest absolute Gasteiger partial charge is 0.341 e. The van der Waals surface area contributed by atoms with E-state index >= 15 is 0 Å². The van der Waals surface area contributed by atoms with E-state index in [1.165, 1.54) is 0 Å². The van der Waals surface area contributed by atoms with E-state index in [0.29, 0.717) is 17.8 Å². The van der Waals surface area contributed by atoms with Gasteiger partial charge in [-0.2, -0.15) is 25.1 Å². The number of aryl methyl sites for hydroxylation is 4. The average Bonchev–Trinajstić information content (AvgIpc) is 3.09. The minimum absolute atomic E-state index is 0.505. The quantitative estimate of drug-likeness (QED) is 0.709. The maximum Gasteiger partial charge on any atom is 0.257 e. The fourth-order valence-corrected chi connectivity index (χ4v) is 2.84. The van der Waals surface area contributed by atoms with Gasteiger partial charge >= 0.3 is 0 Å². The van der Waals surface area contributed by atoms with Crippen molar-refractivity contribution in [2.24, 2.45) is 0 Å². The summed E-state index contributed by atoms with van der Waals surface area (Å²) in [6, 6.07) is 4.01. The molecule has 0 bridgehead atoms. The summed E-state index contributed by atoms with van der Waals surface area (Å²) in [4.78, 5) is 16.0. The molecule has 0 saturated heterocycles. The Morgan fingerprint density at radius 2 is 1.20 bits per heavy atom. The average molecular weight is 340 g/mol. The van der Waals surface area contributed by atoms with Crippen molar-refractivity contribution in [1.82, 2.24) is 34.5 Å². The maximum absolute atomic E-state index is 4.64. The number of anilines is 1. The van der Waals surface area contributed by atoms with Crippen molar-refractivity contribution in [2.75, 3.05) is 18.0 Å². The highest BCUT2D eigenvalue weighted by molar-refractivity contribution is 5.37. The van der Waals surface area contributed by atoms with Crippen LogP contribution in [0, 0.1) is 27.7 Å². The van der Waals surface area contributed by atoms with Gasteiger partial charge in [-0.15, -0.1) is 0 Å². The van der Waals surface area contributed by atoms with Crippen LogP contribution in [0.15, 0.2) is 12.1 Å². The van der Waals surface area contributed by atoms with Crippen LogP contribution in [0.1, 0.15) is 36.6 Å². The summed E-state index contributed by atoms with van der Waals surface area (Å²) >= 11 is 0. The molecule has 0 atom stereocenters. The van der Waals surface area contributed by atoms with Gasteiger partial charge in [0.05, 0.1) is 11.4 Å². The molecule has 8 nitrogen and oxygen atoms in total. The monoisotopic (exact) mass is 340 g/mol. The van der Waals surface area contributed by atoms with Crippen LogP contribution in [0.25, 0.3) is 11.9 Å². The Labute approximate surface area is 147 Å². The van der Waals surface area contributed by atoms with Crippen LogP contribution in [-0.2, 0) is 0 Å².